The highest BCUT2D eigenvalue weighted by Gasteiger charge is 2.16. The fourth-order valence-corrected chi connectivity index (χ4v) is 1.89. The third-order valence-electron chi connectivity index (χ3n) is 2.84. The lowest BCUT2D eigenvalue weighted by atomic mass is 10.1. The van der Waals surface area contributed by atoms with E-state index in [1.807, 2.05) is 0 Å². The first kappa shape index (κ1) is 13.5. The molecule has 4 nitrogen and oxygen atoms in total. The van der Waals surface area contributed by atoms with Crippen molar-refractivity contribution >= 4 is 5.91 Å². The molecule has 0 aromatic carbocycles. The van der Waals surface area contributed by atoms with Crippen molar-refractivity contribution in [2.75, 3.05) is 19.8 Å². The lowest BCUT2D eigenvalue weighted by Crippen LogP contribution is -2.31. The number of aliphatic hydroxyl groups is 1. The Morgan fingerprint density at radius 1 is 1.31 bits per heavy atom. The first-order valence-electron chi connectivity index (χ1n) is 6.32. The summed E-state index contributed by atoms with van der Waals surface area (Å²) in [7, 11) is 0. The fraction of sp³-hybridized carbons (Fsp3) is 0.917. The summed E-state index contributed by atoms with van der Waals surface area (Å²) < 4.78 is 5.50. The number of carbonyl (C=O) groups is 1. The fourth-order valence-electron chi connectivity index (χ4n) is 1.89. The molecule has 0 saturated carbocycles. The van der Waals surface area contributed by atoms with E-state index in [0.717, 1.165) is 38.7 Å². The minimum absolute atomic E-state index is 0.0934. The first-order chi connectivity index (χ1) is 7.83. The zero-order valence-electron chi connectivity index (χ0n) is 9.91. The van der Waals surface area contributed by atoms with Crippen LogP contribution in [0.5, 0.6) is 0 Å². The van der Waals surface area contributed by atoms with Crippen LogP contribution in [-0.2, 0) is 9.53 Å². The number of carbonyl (C=O) groups excluding carboxylic acids is 1. The summed E-state index contributed by atoms with van der Waals surface area (Å²) in [6, 6.07) is 0. The van der Waals surface area contributed by atoms with Crippen LogP contribution in [0.25, 0.3) is 0 Å². The van der Waals surface area contributed by atoms with Gasteiger partial charge in [-0.2, -0.15) is 0 Å². The number of hydrogen-bond donors (Lipinski definition) is 2. The van der Waals surface area contributed by atoms with Gasteiger partial charge in [0.2, 0.25) is 5.91 Å². The van der Waals surface area contributed by atoms with E-state index in [4.69, 9.17) is 9.84 Å². The van der Waals surface area contributed by atoms with Crippen molar-refractivity contribution in [2.24, 2.45) is 0 Å². The maximum Gasteiger partial charge on any atom is 0.222 e. The highest BCUT2D eigenvalue weighted by Crippen LogP contribution is 2.15. The number of aliphatic hydroxyl groups excluding tert-OH is 1. The number of hydrogen-bond acceptors (Lipinski definition) is 3. The Hall–Kier alpha value is -0.610. The summed E-state index contributed by atoms with van der Waals surface area (Å²) in [4.78, 5) is 11.5. The average molecular weight is 229 g/mol. The predicted molar refractivity (Wildman–Crippen MR) is 62.2 cm³/mol. The summed E-state index contributed by atoms with van der Waals surface area (Å²) in [6.07, 6.45) is 6.67. The minimum atomic E-state index is 0.0934. The Morgan fingerprint density at radius 2 is 2.19 bits per heavy atom. The SMILES string of the molecule is O=C(CC1CCCCO1)NCCCCCO. The van der Waals surface area contributed by atoms with E-state index >= 15 is 0 Å². The van der Waals surface area contributed by atoms with E-state index in [9.17, 15) is 4.79 Å². The van der Waals surface area contributed by atoms with Gasteiger partial charge in [0.15, 0.2) is 0 Å². The summed E-state index contributed by atoms with van der Waals surface area (Å²) in [5.41, 5.74) is 0. The lowest BCUT2D eigenvalue weighted by molar-refractivity contribution is -0.124. The Kier molecular flexibility index (Phi) is 7.17. The van der Waals surface area contributed by atoms with Gasteiger partial charge in [0, 0.05) is 19.8 Å². The molecule has 16 heavy (non-hydrogen) atoms. The third-order valence-corrected chi connectivity index (χ3v) is 2.84. The average Bonchev–Trinajstić information content (AvgIpc) is 2.30. The van der Waals surface area contributed by atoms with Crippen molar-refractivity contribution in [3.8, 4) is 0 Å². The molecule has 0 radical (unpaired) electrons. The van der Waals surface area contributed by atoms with Crippen LogP contribution in [0, 0.1) is 0 Å². The van der Waals surface area contributed by atoms with E-state index < -0.39 is 0 Å². The summed E-state index contributed by atoms with van der Waals surface area (Å²) in [6.45, 7) is 1.75. The highest BCUT2D eigenvalue weighted by molar-refractivity contribution is 5.76. The Balaban J connectivity index is 1.97. The number of unbranched alkanes of at least 4 members (excludes halogenated alkanes) is 2. The van der Waals surface area contributed by atoms with Crippen LogP contribution in [0.2, 0.25) is 0 Å². The van der Waals surface area contributed by atoms with Crippen LogP contribution in [0.1, 0.15) is 44.9 Å². The second-order valence-corrected chi connectivity index (χ2v) is 4.33. The standard InChI is InChI=1S/C12H23NO3/c14-8-4-1-3-7-13-12(15)10-11-6-2-5-9-16-11/h11,14H,1-10H2,(H,13,15). The predicted octanol–water partition coefficient (Wildman–Crippen LogP) is 1.22. The van der Waals surface area contributed by atoms with Crippen LogP contribution in [0.3, 0.4) is 0 Å². The monoisotopic (exact) mass is 229 g/mol. The molecule has 1 atom stereocenters. The maximum atomic E-state index is 11.5. The van der Waals surface area contributed by atoms with Gasteiger partial charge >= 0.3 is 0 Å². The molecule has 1 unspecified atom stereocenters. The van der Waals surface area contributed by atoms with E-state index in [2.05, 4.69) is 5.32 Å². The molecule has 0 aliphatic carbocycles. The van der Waals surface area contributed by atoms with E-state index in [1.54, 1.807) is 0 Å². The zero-order chi connectivity index (χ0) is 11.6. The molecular formula is C12H23NO3. The quantitative estimate of drug-likeness (QED) is 0.645. The lowest BCUT2D eigenvalue weighted by Gasteiger charge is -2.21. The Labute approximate surface area is 97.4 Å². The molecule has 1 fully saturated rings. The van der Waals surface area contributed by atoms with Gasteiger partial charge < -0.3 is 15.2 Å². The summed E-state index contributed by atoms with van der Waals surface area (Å²) >= 11 is 0. The highest BCUT2D eigenvalue weighted by atomic mass is 16.5. The maximum absolute atomic E-state index is 11.5. The van der Waals surface area contributed by atoms with Gasteiger partial charge in [0.25, 0.3) is 0 Å². The number of amides is 1. The normalized spacial score (nSPS) is 20.7. The van der Waals surface area contributed by atoms with Crippen molar-refractivity contribution in [3.05, 3.63) is 0 Å². The molecular weight excluding hydrogens is 206 g/mol. The molecule has 2 N–H and O–H groups in total. The number of nitrogens with one attached hydrogen (secondary N) is 1. The smallest absolute Gasteiger partial charge is 0.222 e. The Bertz CT molecular complexity index is 191. The van der Waals surface area contributed by atoms with Gasteiger partial charge in [-0.15, -0.1) is 0 Å². The number of ether oxygens (including phenoxy) is 1. The van der Waals surface area contributed by atoms with Gasteiger partial charge in [0.1, 0.15) is 0 Å². The topological polar surface area (TPSA) is 58.6 Å². The molecule has 0 aromatic heterocycles. The minimum Gasteiger partial charge on any atom is -0.396 e. The van der Waals surface area contributed by atoms with Gasteiger partial charge in [0.05, 0.1) is 12.5 Å². The largest absolute Gasteiger partial charge is 0.396 e. The molecule has 0 spiro atoms. The van der Waals surface area contributed by atoms with Crippen LogP contribution < -0.4 is 5.32 Å². The molecule has 1 saturated heterocycles. The van der Waals surface area contributed by atoms with Gasteiger partial charge in [-0.1, -0.05) is 0 Å². The van der Waals surface area contributed by atoms with Crippen molar-refractivity contribution in [1.29, 1.82) is 0 Å². The van der Waals surface area contributed by atoms with E-state index in [0.29, 0.717) is 13.0 Å². The first-order valence-corrected chi connectivity index (χ1v) is 6.32. The summed E-state index contributed by atoms with van der Waals surface area (Å²) in [5.74, 6) is 0.0934. The van der Waals surface area contributed by atoms with E-state index in [-0.39, 0.29) is 18.6 Å². The van der Waals surface area contributed by atoms with Crippen LogP contribution in [-0.4, -0.2) is 36.9 Å². The van der Waals surface area contributed by atoms with Crippen LogP contribution in [0.4, 0.5) is 0 Å². The van der Waals surface area contributed by atoms with Gasteiger partial charge in [-0.3, -0.25) is 4.79 Å². The molecule has 0 bridgehead atoms. The van der Waals surface area contributed by atoms with E-state index in [1.165, 1.54) is 6.42 Å². The van der Waals surface area contributed by atoms with Crippen LogP contribution in [0.15, 0.2) is 0 Å². The molecule has 1 amide bonds. The molecule has 1 heterocycles. The molecule has 4 heteroatoms. The number of rotatable bonds is 7. The molecule has 94 valence electrons. The van der Waals surface area contributed by atoms with Crippen molar-refractivity contribution < 1.29 is 14.6 Å². The second-order valence-electron chi connectivity index (χ2n) is 4.33. The molecule has 1 aliphatic heterocycles. The molecule has 0 aromatic rings. The van der Waals surface area contributed by atoms with Crippen molar-refractivity contribution in [3.63, 3.8) is 0 Å². The summed E-state index contributed by atoms with van der Waals surface area (Å²) in [5, 5.41) is 11.5. The third kappa shape index (κ3) is 6.08. The zero-order valence-corrected chi connectivity index (χ0v) is 9.91. The van der Waals surface area contributed by atoms with Crippen molar-refractivity contribution in [1.82, 2.24) is 5.32 Å². The Morgan fingerprint density at radius 3 is 2.88 bits per heavy atom. The van der Waals surface area contributed by atoms with Gasteiger partial charge in [-0.05, 0) is 38.5 Å². The molecule has 1 aliphatic rings. The van der Waals surface area contributed by atoms with Crippen LogP contribution >= 0.6 is 0 Å². The second kappa shape index (κ2) is 8.53. The van der Waals surface area contributed by atoms with Crippen molar-refractivity contribution in [2.45, 2.75) is 51.0 Å². The molecule has 1 rings (SSSR count). The van der Waals surface area contributed by atoms with Gasteiger partial charge in [-0.25, -0.2) is 0 Å².